The largest absolute Gasteiger partial charge is 0.369 e. The number of aromatic nitrogens is 2. The van der Waals surface area contributed by atoms with Crippen LogP contribution in [0.25, 0.3) is 0 Å². The zero-order chi connectivity index (χ0) is 14.9. The van der Waals surface area contributed by atoms with Crippen LogP contribution in [0.15, 0.2) is 30.3 Å². The van der Waals surface area contributed by atoms with E-state index in [0.29, 0.717) is 0 Å². The molecule has 1 heterocycles. The first kappa shape index (κ1) is 14.8. The molecule has 1 aromatic heterocycles. The van der Waals surface area contributed by atoms with Crippen LogP contribution < -0.4 is 5.32 Å². The van der Waals surface area contributed by atoms with Crippen molar-refractivity contribution in [1.29, 1.82) is 0 Å². The van der Waals surface area contributed by atoms with Crippen LogP contribution in [0.3, 0.4) is 0 Å². The minimum Gasteiger partial charge on any atom is -0.369 e. The third-order valence-electron chi connectivity index (χ3n) is 4.32. The standard InChI is InChI=1S/C17H20IN3/c1-3-19-15-14(18)12(2)20-16(21-15)17(10-7-11-17)13-8-5-4-6-9-13/h4-6,8-9H,3,7,10-11H2,1-2H3,(H,19,20,21). The van der Waals surface area contributed by atoms with Gasteiger partial charge in [0.1, 0.15) is 11.6 Å². The van der Waals surface area contributed by atoms with Crippen molar-refractivity contribution < 1.29 is 0 Å². The van der Waals surface area contributed by atoms with Crippen LogP contribution in [0, 0.1) is 10.5 Å². The summed E-state index contributed by atoms with van der Waals surface area (Å²) in [6, 6.07) is 10.7. The first-order chi connectivity index (χ1) is 10.2. The molecule has 0 amide bonds. The number of anilines is 1. The van der Waals surface area contributed by atoms with Gasteiger partial charge < -0.3 is 5.32 Å². The van der Waals surface area contributed by atoms with E-state index in [1.807, 2.05) is 0 Å². The van der Waals surface area contributed by atoms with Crippen LogP contribution >= 0.6 is 22.6 Å². The Morgan fingerprint density at radius 1 is 1.19 bits per heavy atom. The summed E-state index contributed by atoms with van der Waals surface area (Å²) in [6.07, 6.45) is 3.53. The Morgan fingerprint density at radius 2 is 1.90 bits per heavy atom. The highest BCUT2D eigenvalue weighted by atomic mass is 127. The fourth-order valence-electron chi connectivity index (χ4n) is 2.99. The zero-order valence-electron chi connectivity index (χ0n) is 12.5. The van der Waals surface area contributed by atoms with Gasteiger partial charge >= 0.3 is 0 Å². The average Bonchev–Trinajstić information content (AvgIpc) is 2.44. The van der Waals surface area contributed by atoms with Crippen LogP contribution in [-0.4, -0.2) is 16.5 Å². The maximum atomic E-state index is 4.86. The van der Waals surface area contributed by atoms with Crippen LogP contribution in [-0.2, 0) is 5.41 Å². The van der Waals surface area contributed by atoms with Gasteiger partial charge in [0, 0.05) is 6.54 Å². The van der Waals surface area contributed by atoms with Crippen LogP contribution in [0.5, 0.6) is 0 Å². The van der Waals surface area contributed by atoms with Crippen molar-refractivity contribution in [2.45, 2.75) is 38.5 Å². The molecule has 0 bridgehead atoms. The Hall–Kier alpha value is -1.17. The van der Waals surface area contributed by atoms with E-state index in [2.05, 4.69) is 72.1 Å². The molecule has 1 N–H and O–H groups in total. The summed E-state index contributed by atoms with van der Waals surface area (Å²) in [4.78, 5) is 9.69. The molecule has 1 aliphatic carbocycles. The van der Waals surface area contributed by atoms with Gasteiger partial charge in [-0.3, -0.25) is 0 Å². The minimum absolute atomic E-state index is 0.0144. The summed E-state index contributed by atoms with van der Waals surface area (Å²) in [5.41, 5.74) is 2.43. The zero-order valence-corrected chi connectivity index (χ0v) is 14.6. The number of rotatable bonds is 4. The molecule has 1 saturated carbocycles. The summed E-state index contributed by atoms with van der Waals surface area (Å²) < 4.78 is 1.13. The van der Waals surface area contributed by atoms with Gasteiger partial charge in [-0.1, -0.05) is 36.8 Å². The molecule has 1 aliphatic rings. The molecule has 3 nitrogen and oxygen atoms in total. The van der Waals surface area contributed by atoms with Crippen molar-refractivity contribution >= 4 is 28.4 Å². The van der Waals surface area contributed by atoms with Gasteiger partial charge in [0.25, 0.3) is 0 Å². The van der Waals surface area contributed by atoms with E-state index in [0.717, 1.165) is 40.3 Å². The number of benzene rings is 1. The van der Waals surface area contributed by atoms with Crippen molar-refractivity contribution in [2.24, 2.45) is 0 Å². The lowest BCUT2D eigenvalue weighted by molar-refractivity contribution is 0.285. The summed E-state index contributed by atoms with van der Waals surface area (Å²) in [5, 5.41) is 3.37. The molecule has 1 aromatic carbocycles. The molecular weight excluding hydrogens is 373 g/mol. The van der Waals surface area contributed by atoms with Crippen molar-refractivity contribution in [3.8, 4) is 0 Å². The maximum Gasteiger partial charge on any atom is 0.143 e. The van der Waals surface area contributed by atoms with Gasteiger partial charge in [-0.15, -0.1) is 0 Å². The summed E-state index contributed by atoms with van der Waals surface area (Å²) in [7, 11) is 0. The van der Waals surface area contributed by atoms with Crippen molar-refractivity contribution in [3.05, 3.63) is 51.0 Å². The molecule has 1 fully saturated rings. The van der Waals surface area contributed by atoms with E-state index < -0.39 is 0 Å². The number of hydrogen-bond acceptors (Lipinski definition) is 3. The number of nitrogens with zero attached hydrogens (tertiary/aromatic N) is 2. The maximum absolute atomic E-state index is 4.86. The highest BCUT2D eigenvalue weighted by molar-refractivity contribution is 14.1. The van der Waals surface area contributed by atoms with Gasteiger partial charge in [-0.05, 0) is 54.8 Å². The second-order valence-electron chi connectivity index (χ2n) is 5.63. The first-order valence-electron chi connectivity index (χ1n) is 7.51. The van der Waals surface area contributed by atoms with Crippen LogP contribution in [0.1, 0.15) is 43.3 Å². The highest BCUT2D eigenvalue weighted by Gasteiger charge is 2.43. The van der Waals surface area contributed by atoms with Crippen molar-refractivity contribution in [3.63, 3.8) is 0 Å². The molecule has 110 valence electrons. The van der Waals surface area contributed by atoms with E-state index in [4.69, 9.17) is 9.97 Å². The fourth-order valence-corrected chi connectivity index (χ4v) is 3.42. The number of aryl methyl sites for hydroxylation is 1. The molecule has 2 aromatic rings. The van der Waals surface area contributed by atoms with E-state index in [1.54, 1.807) is 0 Å². The molecule has 4 heteroatoms. The average molecular weight is 393 g/mol. The smallest absolute Gasteiger partial charge is 0.143 e. The van der Waals surface area contributed by atoms with Crippen LogP contribution in [0.4, 0.5) is 5.82 Å². The summed E-state index contributed by atoms with van der Waals surface area (Å²) in [5.74, 6) is 1.96. The van der Waals surface area contributed by atoms with Gasteiger partial charge in [0.15, 0.2) is 0 Å². The van der Waals surface area contributed by atoms with Gasteiger partial charge in [-0.25, -0.2) is 9.97 Å². The Kier molecular flexibility index (Phi) is 4.15. The quantitative estimate of drug-likeness (QED) is 0.788. The molecule has 3 rings (SSSR count). The minimum atomic E-state index is 0.0144. The first-order valence-corrected chi connectivity index (χ1v) is 8.59. The molecule has 0 radical (unpaired) electrons. The number of hydrogen-bond donors (Lipinski definition) is 1. The third kappa shape index (κ3) is 2.54. The lowest BCUT2D eigenvalue weighted by atomic mass is 9.64. The van der Waals surface area contributed by atoms with Crippen molar-refractivity contribution in [1.82, 2.24) is 9.97 Å². The van der Waals surface area contributed by atoms with E-state index in [9.17, 15) is 0 Å². The number of halogens is 1. The van der Waals surface area contributed by atoms with E-state index >= 15 is 0 Å². The van der Waals surface area contributed by atoms with Gasteiger partial charge in [-0.2, -0.15) is 0 Å². The normalized spacial score (nSPS) is 16.3. The second kappa shape index (κ2) is 5.91. The van der Waals surface area contributed by atoms with E-state index in [-0.39, 0.29) is 5.41 Å². The van der Waals surface area contributed by atoms with Gasteiger partial charge in [0.2, 0.25) is 0 Å². The van der Waals surface area contributed by atoms with E-state index in [1.165, 1.54) is 12.0 Å². The Bertz CT molecular complexity index is 636. The monoisotopic (exact) mass is 393 g/mol. The highest BCUT2D eigenvalue weighted by Crippen LogP contribution is 2.48. The Balaban J connectivity index is 2.10. The molecule has 0 atom stereocenters. The lowest BCUT2D eigenvalue weighted by Gasteiger charge is -2.41. The Morgan fingerprint density at radius 3 is 2.48 bits per heavy atom. The summed E-state index contributed by atoms with van der Waals surface area (Å²) in [6.45, 7) is 5.05. The summed E-state index contributed by atoms with van der Waals surface area (Å²) >= 11 is 2.33. The SMILES string of the molecule is CCNc1nc(C2(c3ccccc3)CCC2)nc(C)c1I. The Labute approximate surface area is 139 Å². The molecule has 0 aliphatic heterocycles. The molecule has 0 unspecified atom stereocenters. The van der Waals surface area contributed by atoms with Gasteiger partial charge in [0.05, 0.1) is 14.7 Å². The topological polar surface area (TPSA) is 37.8 Å². The van der Waals surface area contributed by atoms with Crippen LogP contribution in [0.2, 0.25) is 0 Å². The lowest BCUT2D eigenvalue weighted by Crippen LogP contribution is -2.37. The predicted molar refractivity (Wildman–Crippen MR) is 94.7 cm³/mol. The third-order valence-corrected chi connectivity index (χ3v) is 5.61. The second-order valence-corrected chi connectivity index (χ2v) is 6.71. The number of nitrogens with one attached hydrogen (secondary N) is 1. The molecule has 0 saturated heterocycles. The molecule has 0 spiro atoms. The van der Waals surface area contributed by atoms with Crippen molar-refractivity contribution in [2.75, 3.05) is 11.9 Å². The fraction of sp³-hybridized carbons (Fsp3) is 0.412. The molecule has 21 heavy (non-hydrogen) atoms. The predicted octanol–water partition coefficient (Wildman–Crippen LogP) is 4.29. The molecular formula is C17H20IN3.